The van der Waals surface area contributed by atoms with E-state index in [1.54, 1.807) is 0 Å². The van der Waals surface area contributed by atoms with Crippen LogP contribution in [0.25, 0.3) is 0 Å². The summed E-state index contributed by atoms with van der Waals surface area (Å²) < 4.78 is 41.6. The highest BCUT2D eigenvalue weighted by atomic mass is 19.4. The van der Waals surface area contributed by atoms with Crippen molar-refractivity contribution < 1.29 is 27.8 Å². The number of nitrogens with one attached hydrogen (secondary N) is 2. The van der Waals surface area contributed by atoms with Crippen molar-refractivity contribution in [3.8, 4) is 5.75 Å². The minimum atomic E-state index is -4.91. The lowest BCUT2D eigenvalue weighted by atomic mass is 10.2. The van der Waals surface area contributed by atoms with Crippen molar-refractivity contribution >= 4 is 29.9 Å². The molecule has 2 aliphatic heterocycles. The smallest absolute Gasteiger partial charge is 0.404 e. The molecule has 0 aliphatic carbocycles. The van der Waals surface area contributed by atoms with Gasteiger partial charge in [-0.15, -0.1) is 13.2 Å². The van der Waals surface area contributed by atoms with Crippen LogP contribution >= 0.6 is 0 Å². The van der Waals surface area contributed by atoms with Gasteiger partial charge in [0.1, 0.15) is 0 Å². The van der Waals surface area contributed by atoms with Crippen LogP contribution in [0.1, 0.15) is 12.8 Å². The summed E-state index contributed by atoms with van der Waals surface area (Å²) in [5.41, 5.74) is 10.5. The molecule has 36 heavy (non-hydrogen) atoms. The Bertz CT molecular complexity index is 983. The molecular formula is C21H30F3N9O3. The van der Waals surface area contributed by atoms with E-state index in [1.165, 1.54) is 24.4 Å². The lowest BCUT2D eigenvalue weighted by molar-refractivity contribution is -0.274. The topological polar surface area (TPSA) is 166 Å². The molecule has 0 saturated carbocycles. The summed E-state index contributed by atoms with van der Waals surface area (Å²) in [6.45, 7) is 4.52. The molecule has 0 radical (unpaired) electrons. The number of alkyl halides is 3. The number of anilines is 1. The second kappa shape index (κ2) is 12.5. The number of ether oxygens (including phenoxy) is 1. The van der Waals surface area contributed by atoms with E-state index in [0.29, 0.717) is 13.1 Å². The number of para-hydroxylation sites is 2. The van der Waals surface area contributed by atoms with Crippen LogP contribution in [0.15, 0.2) is 39.2 Å². The van der Waals surface area contributed by atoms with Crippen LogP contribution in [-0.2, 0) is 0 Å². The number of aliphatic imine (C=N–C) groups is 3. The maximum absolute atomic E-state index is 12.6. The van der Waals surface area contributed by atoms with Crippen LogP contribution in [0, 0.1) is 0 Å². The van der Waals surface area contributed by atoms with E-state index in [9.17, 15) is 23.1 Å². The van der Waals surface area contributed by atoms with Crippen molar-refractivity contribution in [2.75, 3.05) is 44.6 Å². The molecule has 1 saturated heterocycles. The Hall–Kier alpha value is -3.43. The third-order valence-electron chi connectivity index (χ3n) is 5.47. The number of guanidine groups is 2. The minimum absolute atomic E-state index is 0.0785. The Kier molecular flexibility index (Phi) is 9.44. The van der Waals surface area contributed by atoms with E-state index in [4.69, 9.17) is 11.5 Å². The summed E-state index contributed by atoms with van der Waals surface area (Å²) in [6.07, 6.45) is -2.87. The number of halogens is 3. The molecule has 0 aromatic heterocycles. The molecule has 2 unspecified atom stereocenters. The zero-order valence-corrected chi connectivity index (χ0v) is 19.5. The average molecular weight is 514 g/mol. The molecule has 3 rings (SSSR count). The van der Waals surface area contributed by atoms with E-state index >= 15 is 0 Å². The molecule has 0 bridgehead atoms. The molecule has 7 N–H and O–H groups in total. The van der Waals surface area contributed by atoms with Gasteiger partial charge in [0.25, 0.3) is 0 Å². The minimum Gasteiger partial charge on any atom is -0.404 e. The molecule has 0 spiro atoms. The number of carbonyl (C=O) groups excluding carboxylic acids is 1. The van der Waals surface area contributed by atoms with Crippen molar-refractivity contribution in [3.63, 3.8) is 0 Å². The van der Waals surface area contributed by atoms with Gasteiger partial charge >= 0.3 is 12.4 Å². The number of aliphatic hydroxyl groups is 1. The van der Waals surface area contributed by atoms with Crippen LogP contribution in [0.4, 0.5) is 23.7 Å². The van der Waals surface area contributed by atoms with Gasteiger partial charge in [0.05, 0.1) is 11.7 Å². The summed E-state index contributed by atoms with van der Waals surface area (Å²) in [5, 5.41) is 15.1. The first-order valence-electron chi connectivity index (χ1n) is 11.4. The predicted octanol–water partition coefficient (Wildman–Crippen LogP) is 0.505. The normalized spacial score (nSPS) is 21.3. The maximum Gasteiger partial charge on any atom is 0.573 e. The van der Waals surface area contributed by atoms with Crippen LogP contribution in [0.5, 0.6) is 5.75 Å². The number of rotatable bonds is 7. The van der Waals surface area contributed by atoms with Gasteiger partial charge in [-0.3, -0.25) is 15.2 Å². The lowest BCUT2D eigenvalue weighted by Gasteiger charge is -2.31. The molecule has 1 aromatic rings. The first-order chi connectivity index (χ1) is 17.1. The fraction of sp³-hybridized carbons (Fsp3) is 0.524. The van der Waals surface area contributed by atoms with Crippen LogP contribution in [0.3, 0.4) is 0 Å². The van der Waals surface area contributed by atoms with E-state index in [-0.39, 0.29) is 17.6 Å². The van der Waals surface area contributed by atoms with Crippen molar-refractivity contribution in [2.24, 2.45) is 26.4 Å². The summed E-state index contributed by atoms with van der Waals surface area (Å²) in [4.78, 5) is 28.8. The highest BCUT2D eigenvalue weighted by molar-refractivity contribution is 6.05. The van der Waals surface area contributed by atoms with Gasteiger partial charge in [-0.25, -0.2) is 14.8 Å². The lowest BCUT2D eigenvalue weighted by Crippen LogP contribution is -2.49. The zero-order chi connectivity index (χ0) is 26.1. The number of benzene rings is 1. The fourth-order valence-electron chi connectivity index (χ4n) is 3.86. The Balaban J connectivity index is 1.50. The van der Waals surface area contributed by atoms with Gasteiger partial charge in [-0.2, -0.15) is 0 Å². The number of carbonyl (C=O) groups is 1. The molecule has 15 heteroatoms. The second-order valence-corrected chi connectivity index (χ2v) is 8.15. The van der Waals surface area contributed by atoms with E-state index in [1.807, 2.05) is 0 Å². The molecular weight excluding hydrogens is 483 g/mol. The number of nitrogens with zero attached hydrogens (tertiary/aromatic N) is 5. The quantitative estimate of drug-likeness (QED) is 0.201. The van der Waals surface area contributed by atoms with Crippen molar-refractivity contribution in [2.45, 2.75) is 31.5 Å². The average Bonchev–Trinajstić information content (AvgIpc) is 3.03. The highest BCUT2D eigenvalue weighted by Gasteiger charge is 2.32. The Morgan fingerprint density at radius 2 is 1.97 bits per heavy atom. The summed E-state index contributed by atoms with van der Waals surface area (Å²) in [7, 11) is 0. The first kappa shape index (κ1) is 27.2. The largest absolute Gasteiger partial charge is 0.573 e. The van der Waals surface area contributed by atoms with Gasteiger partial charge in [-0.1, -0.05) is 12.1 Å². The molecule has 2 atom stereocenters. The van der Waals surface area contributed by atoms with Crippen molar-refractivity contribution in [3.05, 3.63) is 24.3 Å². The first-order valence-corrected chi connectivity index (χ1v) is 11.4. The van der Waals surface area contributed by atoms with Crippen LogP contribution in [0.2, 0.25) is 0 Å². The third kappa shape index (κ3) is 8.66. The van der Waals surface area contributed by atoms with Crippen LogP contribution in [-0.4, -0.2) is 97.0 Å². The third-order valence-corrected chi connectivity index (χ3v) is 5.47. The Labute approximate surface area is 205 Å². The summed E-state index contributed by atoms with van der Waals surface area (Å²) in [6, 6.07) is 3.74. The van der Waals surface area contributed by atoms with Crippen molar-refractivity contribution in [1.29, 1.82) is 0 Å². The van der Waals surface area contributed by atoms with E-state index < -0.39 is 30.4 Å². The summed E-state index contributed by atoms with van der Waals surface area (Å²) in [5.74, 6) is -0.655. The second-order valence-electron chi connectivity index (χ2n) is 8.15. The molecule has 1 fully saturated rings. The predicted molar refractivity (Wildman–Crippen MR) is 129 cm³/mol. The number of hydrogen-bond donors (Lipinski definition) is 5. The number of urea groups is 1. The van der Waals surface area contributed by atoms with Gasteiger partial charge < -0.3 is 31.5 Å². The van der Waals surface area contributed by atoms with Gasteiger partial charge in [0, 0.05) is 32.4 Å². The monoisotopic (exact) mass is 513 g/mol. The number of amides is 2. The number of aliphatic hydroxyl groups excluding tert-OH is 1. The zero-order valence-electron chi connectivity index (χ0n) is 19.5. The van der Waals surface area contributed by atoms with Gasteiger partial charge in [0.2, 0.25) is 5.96 Å². The molecule has 198 valence electrons. The number of nitrogens with two attached hydrogens (primary N) is 2. The Morgan fingerprint density at radius 3 is 2.69 bits per heavy atom. The number of hydrogen-bond acceptors (Lipinski definition) is 8. The fourth-order valence-corrected chi connectivity index (χ4v) is 3.86. The molecule has 1 aromatic carbocycles. The van der Waals surface area contributed by atoms with Gasteiger partial charge in [-0.05, 0) is 38.1 Å². The standard InChI is InChI=1S/C21H30F3N9O3/c22-21(23,24)36-16-6-2-1-5-14(16)29-20(35)31-19-28-13-15(17(34)30-19)33-10-4-9-32(11-12-33)8-3-7-27-18(25)26/h1-2,5-6,13,15,17,34H,3-4,7-12H2,(H4,25,26,27)(H2,29,30,31,35). The SMILES string of the molecule is NC(N)=NCCCN1CCCN(C2C=NC(NC(=O)Nc3ccccc3OC(F)(F)F)=NC2O)CC1. The maximum atomic E-state index is 12.6. The van der Waals surface area contributed by atoms with Crippen LogP contribution < -0.4 is 26.8 Å². The highest BCUT2D eigenvalue weighted by Crippen LogP contribution is 2.29. The summed E-state index contributed by atoms with van der Waals surface area (Å²) >= 11 is 0. The Morgan fingerprint density at radius 1 is 1.19 bits per heavy atom. The van der Waals surface area contributed by atoms with E-state index in [0.717, 1.165) is 45.1 Å². The van der Waals surface area contributed by atoms with E-state index in [2.05, 4.69) is 40.1 Å². The molecule has 2 heterocycles. The molecule has 12 nitrogen and oxygen atoms in total. The molecule has 2 aliphatic rings. The van der Waals surface area contributed by atoms with Gasteiger partial charge in [0.15, 0.2) is 17.9 Å². The van der Waals surface area contributed by atoms with Crippen molar-refractivity contribution in [1.82, 2.24) is 15.1 Å². The molecule has 2 amide bonds.